The Morgan fingerprint density at radius 1 is 1.05 bits per heavy atom. The SMILES string of the molecule is COc1ccc2c(Oc3ccc(NC(=O)c4cc5c(n(CC(C)C)c4=O)CCCC5=O)nc3)ccnc2c1. The lowest BCUT2D eigenvalue weighted by Gasteiger charge is -2.22. The molecule has 0 fully saturated rings. The van der Waals surface area contributed by atoms with Crippen LogP contribution >= 0.6 is 0 Å². The summed E-state index contributed by atoms with van der Waals surface area (Å²) in [7, 11) is 1.60. The van der Waals surface area contributed by atoms with E-state index in [1.807, 2.05) is 32.0 Å². The third-order valence-electron chi connectivity index (χ3n) is 6.43. The Morgan fingerprint density at radius 2 is 1.87 bits per heavy atom. The summed E-state index contributed by atoms with van der Waals surface area (Å²) < 4.78 is 12.9. The van der Waals surface area contributed by atoms with Crippen LogP contribution in [0.1, 0.15) is 53.1 Å². The van der Waals surface area contributed by atoms with Gasteiger partial charge in [-0.1, -0.05) is 13.8 Å². The molecule has 3 aromatic heterocycles. The highest BCUT2D eigenvalue weighted by molar-refractivity contribution is 6.06. The number of nitrogens with zero attached hydrogens (tertiary/aromatic N) is 3. The molecule has 4 aromatic rings. The van der Waals surface area contributed by atoms with Crippen LogP contribution in [0.4, 0.5) is 5.82 Å². The van der Waals surface area contributed by atoms with Gasteiger partial charge in [0.1, 0.15) is 28.6 Å². The highest BCUT2D eigenvalue weighted by Crippen LogP contribution is 2.31. The maximum atomic E-state index is 13.3. The minimum atomic E-state index is -0.607. The van der Waals surface area contributed by atoms with Gasteiger partial charge >= 0.3 is 0 Å². The number of aromatic nitrogens is 3. The van der Waals surface area contributed by atoms with Crippen molar-refractivity contribution in [2.45, 2.75) is 39.7 Å². The van der Waals surface area contributed by atoms with E-state index in [0.29, 0.717) is 48.6 Å². The third kappa shape index (κ3) is 5.00. The van der Waals surface area contributed by atoms with Crippen molar-refractivity contribution in [1.29, 1.82) is 0 Å². The maximum absolute atomic E-state index is 13.3. The van der Waals surface area contributed by atoms with Crippen LogP contribution in [0.3, 0.4) is 0 Å². The van der Waals surface area contributed by atoms with Crippen LogP contribution in [0.25, 0.3) is 10.9 Å². The molecule has 9 nitrogen and oxygen atoms in total. The predicted octanol–water partition coefficient (Wildman–Crippen LogP) is 5.02. The molecular weight excluding hydrogens is 484 g/mol. The molecule has 0 radical (unpaired) electrons. The van der Waals surface area contributed by atoms with Crippen LogP contribution in [-0.4, -0.2) is 33.3 Å². The van der Waals surface area contributed by atoms with Crippen molar-refractivity contribution in [3.63, 3.8) is 0 Å². The van der Waals surface area contributed by atoms with Gasteiger partial charge in [0.25, 0.3) is 11.5 Å². The average molecular weight is 513 g/mol. The zero-order valence-corrected chi connectivity index (χ0v) is 21.5. The van der Waals surface area contributed by atoms with Crippen molar-refractivity contribution in [2.75, 3.05) is 12.4 Å². The Bertz CT molecular complexity index is 1590. The normalized spacial score (nSPS) is 12.9. The molecule has 1 aromatic carbocycles. The lowest BCUT2D eigenvalue weighted by atomic mass is 9.92. The first kappa shape index (κ1) is 25.1. The Balaban J connectivity index is 1.37. The lowest BCUT2D eigenvalue weighted by Crippen LogP contribution is -2.35. The van der Waals surface area contributed by atoms with E-state index in [2.05, 4.69) is 15.3 Å². The number of benzene rings is 1. The molecule has 0 bridgehead atoms. The first-order chi connectivity index (χ1) is 18.3. The number of carbonyl (C=O) groups is 2. The van der Waals surface area contributed by atoms with E-state index in [1.54, 1.807) is 36.1 Å². The van der Waals surface area contributed by atoms with Gasteiger partial charge in [-0.15, -0.1) is 0 Å². The molecule has 0 saturated heterocycles. The van der Waals surface area contributed by atoms with Crippen molar-refractivity contribution >= 4 is 28.4 Å². The lowest BCUT2D eigenvalue weighted by molar-refractivity contribution is 0.0970. The first-order valence-electron chi connectivity index (χ1n) is 12.5. The molecule has 0 aliphatic heterocycles. The first-order valence-corrected chi connectivity index (χ1v) is 12.5. The van der Waals surface area contributed by atoms with E-state index in [4.69, 9.17) is 9.47 Å². The fourth-order valence-electron chi connectivity index (χ4n) is 4.63. The van der Waals surface area contributed by atoms with Gasteiger partial charge < -0.3 is 19.4 Å². The van der Waals surface area contributed by atoms with Crippen LogP contribution in [0.5, 0.6) is 17.2 Å². The van der Waals surface area contributed by atoms with Crippen LogP contribution in [0.15, 0.2) is 59.7 Å². The Labute approximate surface area is 219 Å². The topological polar surface area (TPSA) is 112 Å². The molecule has 194 valence electrons. The highest BCUT2D eigenvalue weighted by Gasteiger charge is 2.26. The molecule has 3 heterocycles. The number of Topliss-reactive ketones (excluding diaryl/α,β-unsaturated/α-hetero) is 1. The largest absolute Gasteiger partial charge is 0.497 e. The summed E-state index contributed by atoms with van der Waals surface area (Å²) in [6, 6.07) is 12.0. The number of amides is 1. The van der Waals surface area contributed by atoms with Crippen molar-refractivity contribution < 1.29 is 19.1 Å². The summed E-state index contributed by atoms with van der Waals surface area (Å²) in [5, 5.41) is 3.49. The second-order valence-electron chi connectivity index (χ2n) is 9.63. The molecule has 5 rings (SSSR count). The molecule has 0 atom stereocenters. The van der Waals surface area contributed by atoms with Crippen molar-refractivity contribution in [3.8, 4) is 17.2 Å². The van der Waals surface area contributed by atoms with Gasteiger partial charge in [-0.3, -0.25) is 19.4 Å². The number of carbonyl (C=O) groups excluding carboxylic acids is 2. The quantitative estimate of drug-likeness (QED) is 0.370. The van der Waals surface area contributed by atoms with Gasteiger partial charge in [-0.05, 0) is 55.2 Å². The number of pyridine rings is 3. The summed E-state index contributed by atoms with van der Waals surface area (Å²) in [6.45, 7) is 4.43. The monoisotopic (exact) mass is 512 g/mol. The molecular formula is C29H28N4O5. The van der Waals surface area contributed by atoms with Gasteiger partial charge in [-0.25, -0.2) is 4.98 Å². The zero-order chi connectivity index (χ0) is 26.8. The van der Waals surface area contributed by atoms with Gasteiger partial charge in [0.2, 0.25) is 0 Å². The van der Waals surface area contributed by atoms with E-state index in [0.717, 1.165) is 16.6 Å². The Morgan fingerprint density at radius 3 is 2.61 bits per heavy atom. The maximum Gasteiger partial charge on any atom is 0.263 e. The Kier molecular flexibility index (Phi) is 6.91. The molecule has 38 heavy (non-hydrogen) atoms. The molecule has 1 N–H and O–H groups in total. The zero-order valence-electron chi connectivity index (χ0n) is 21.5. The van der Waals surface area contributed by atoms with E-state index in [9.17, 15) is 14.4 Å². The fourth-order valence-corrected chi connectivity index (χ4v) is 4.63. The summed E-state index contributed by atoms with van der Waals surface area (Å²) in [6.07, 6.45) is 4.90. The van der Waals surface area contributed by atoms with Crippen LogP contribution in [0.2, 0.25) is 0 Å². The van der Waals surface area contributed by atoms with Crippen LogP contribution < -0.4 is 20.3 Å². The highest BCUT2D eigenvalue weighted by atomic mass is 16.5. The smallest absolute Gasteiger partial charge is 0.263 e. The fraction of sp³-hybridized carbons (Fsp3) is 0.276. The molecule has 1 amide bonds. The van der Waals surface area contributed by atoms with Crippen molar-refractivity contribution in [3.05, 3.63) is 82.0 Å². The average Bonchev–Trinajstić information content (AvgIpc) is 2.91. The number of fused-ring (bicyclic) bond motifs is 2. The number of ketones is 1. The predicted molar refractivity (Wildman–Crippen MR) is 143 cm³/mol. The number of hydrogen-bond donors (Lipinski definition) is 1. The number of nitrogens with one attached hydrogen (secondary N) is 1. The van der Waals surface area contributed by atoms with Gasteiger partial charge in [-0.2, -0.15) is 0 Å². The third-order valence-corrected chi connectivity index (χ3v) is 6.43. The molecule has 1 aliphatic carbocycles. The van der Waals surface area contributed by atoms with E-state index in [-0.39, 0.29) is 23.1 Å². The molecule has 9 heteroatoms. The molecule has 1 aliphatic rings. The second kappa shape index (κ2) is 10.5. The van der Waals surface area contributed by atoms with E-state index >= 15 is 0 Å². The number of hydrogen-bond acceptors (Lipinski definition) is 7. The number of methoxy groups -OCH3 is 1. The standard InChI is InChI=1S/C29H28N4O5/c1-17(2)16-33-24-5-4-6-25(34)21(24)14-22(29(33)36)28(35)32-27-10-8-19(15-31-27)38-26-11-12-30-23-13-18(37-3)7-9-20(23)26/h7-15,17H,4-6,16H2,1-3H3,(H,31,32,35). The van der Waals surface area contributed by atoms with Gasteiger partial charge in [0.15, 0.2) is 5.78 Å². The van der Waals surface area contributed by atoms with Crippen LogP contribution in [-0.2, 0) is 13.0 Å². The summed E-state index contributed by atoms with van der Waals surface area (Å²) >= 11 is 0. The molecule has 0 saturated carbocycles. The summed E-state index contributed by atoms with van der Waals surface area (Å²) in [5.41, 5.74) is 1.44. The summed E-state index contributed by atoms with van der Waals surface area (Å²) in [4.78, 5) is 47.6. The number of ether oxygens (including phenoxy) is 2. The molecule has 0 unspecified atom stereocenters. The van der Waals surface area contributed by atoms with Crippen molar-refractivity contribution in [2.24, 2.45) is 5.92 Å². The molecule has 0 spiro atoms. The Hall–Kier alpha value is -4.53. The minimum Gasteiger partial charge on any atom is -0.497 e. The number of anilines is 1. The second-order valence-corrected chi connectivity index (χ2v) is 9.63. The van der Waals surface area contributed by atoms with Gasteiger partial charge in [0.05, 0.1) is 18.8 Å². The minimum absolute atomic E-state index is 0.0421. The van der Waals surface area contributed by atoms with Crippen molar-refractivity contribution in [1.82, 2.24) is 14.5 Å². The summed E-state index contributed by atoms with van der Waals surface area (Å²) in [5.74, 6) is 1.55. The van der Waals surface area contributed by atoms with E-state index < -0.39 is 11.5 Å². The number of rotatable bonds is 7. The van der Waals surface area contributed by atoms with Crippen LogP contribution in [0, 0.1) is 5.92 Å². The van der Waals surface area contributed by atoms with E-state index in [1.165, 1.54) is 12.3 Å². The van der Waals surface area contributed by atoms with Gasteiger partial charge in [0, 0.05) is 41.9 Å².